The third-order valence-electron chi connectivity index (χ3n) is 3.43. The highest BCUT2D eigenvalue weighted by Crippen LogP contribution is 2.32. The van der Waals surface area contributed by atoms with Gasteiger partial charge in [0.1, 0.15) is 5.75 Å². The number of rotatable bonds is 4. The van der Waals surface area contributed by atoms with Crippen LogP contribution in [0.1, 0.15) is 33.3 Å². The number of methoxy groups -OCH3 is 1. The molecule has 1 aromatic heterocycles. The summed E-state index contributed by atoms with van der Waals surface area (Å²) in [5, 5.41) is 3.40. The van der Waals surface area contributed by atoms with Crippen LogP contribution in [0, 0.1) is 20.8 Å². The number of thiazole rings is 1. The summed E-state index contributed by atoms with van der Waals surface area (Å²) in [6, 6.07) is 4.50. The smallest absolute Gasteiger partial charge is 0.122 e. The van der Waals surface area contributed by atoms with Crippen molar-refractivity contribution in [2.75, 3.05) is 14.2 Å². The van der Waals surface area contributed by atoms with Gasteiger partial charge in [-0.1, -0.05) is 6.07 Å². The lowest BCUT2D eigenvalue weighted by molar-refractivity contribution is 0.411. The topological polar surface area (TPSA) is 34.1 Å². The maximum atomic E-state index is 5.38. The molecule has 19 heavy (non-hydrogen) atoms. The molecule has 0 spiro atoms. The van der Waals surface area contributed by atoms with Crippen LogP contribution in [0.3, 0.4) is 0 Å². The molecular formula is C15H20N2OS. The minimum atomic E-state index is 0.192. The summed E-state index contributed by atoms with van der Waals surface area (Å²) < 4.78 is 5.38. The van der Waals surface area contributed by atoms with Crippen molar-refractivity contribution in [3.8, 4) is 5.75 Å². The average Bonchev–Trinajstić information content (AvgIpc) is 2.80. The number of hydrogen-bond acceptors (Lipinski definition) is 4. The molecule has 1 heterocycles. The van der Waals surface area contributed by atoms with E-state index in [2.05, 4.69) is 43.2 Å². The zero-order valence-electron chi connectivity index (χ0n) is 12.1. The van der Waals surface area contributed by atoms with Crippen molar-refractivity contribution in [2.45, 2.75) is 26.8 Å². The molecule has 3 nitrogen and oxygen atoms in total. The second-order valence-electron chi connectivity index (χ2n) is 4.70. The van der Waals surface area contributed by atoms with Gasteiger partial charge in [-0.15, -0.1) is 11.3 Å². The van der Waals surface area contributed by atoms with Gasteiger partial charge >= 0.3 is 0 Å². The van der Waals surface area contributed by atoms with Crippen molar-refractivity contribution in [3.05, 3.63) is 44.9 Å². The van der Waals surface area contributed by atoms with E-state index in [0.717, 1.165) is 17.0 Å². The molecule has 0 bridgehead atoms. The monoisotopic (exact) mass is 276 g/mol. The molecule has 0 fully saturated rings. The Morgan fingerprint density at radius 1 is 1.21 bits per heavy atom. The molecule has 0 radical (unpaired) electrons. The van der Waals surface area contributed by atoms with Crippen LogP contribution in [0.15, 0.2) is 17.6 Å². The molecule has 1 atom stereocenters. The summed E-state index contributed by atoms with van der Waals surface area (Å²) in [7, 11) is 3.70. The van der Waals surface area contributed by atoms with Gasteiger partial charge in [0, 0.05) is 4.88 Å². The molecule has 0 amide bonds. The lowest BCUT2D eigenvalue weighted by atomic mass is 9.96. The fourth-order valence-electron chi connectivity index (χ4n) is 2.36. The Morgan fingerprint density at radius 2 is 1.95 bits per heavy atom. The molecular weight excluding hydrogens is 256 g/mol. The van der Waals surface area contributed by atoms with E-state index in [4.69, 9.17) is 4.74 Å². The van der Waals surface area contributed by atoms with E-state index in [1.165, 1.54) is 16.0 Å². The summed E-state index contributed by atoms with van der Waals surface area (Å²) in [6.07, 6.45) is 0. The minimum Gasteiger partial charge on any atom is -0.496 e. The van der Waals surface area contributed by atoms with Crippen molar-refractivity contribution in [3.63, 3.8) is 0 Å². The molecule has 2 rings (SSSR count). The molecule has 2 aromatic rings. The van der Waals surface area contributed by atoms with E-state index in [0.29, 0.717) is 0 Å². The number of aromatic nitrogens is 1. The third kappa shape index (κ3) is 2.65. The average molecular weight is 276 g/mol. The lowest BCUT2D eigenvalue weighted by Gasteiger charge is -2.20. The van der Waals surface area contributed by atoms with E-state index < -0.39 is 0 Å². The van der Waals surface area contributed by atoms with Gasteiger partial charge in [0.05, 0.1) is 24.4 Å². The molecule has 0 aliphatic heterocycles. The SMILES string of the molecule is CNC(c1cc(C)c(OC)cc1C)c1scnc1C. The van der Waals surface area contributed by atoms with Crippen LogP contribution in [0.4, 0.5) is 0 Å². The normalized spacial score (nSPS) is 12.5. The van der Waals surface area contributed by atoms with Gasteiger partial charge in [0.25, 0.3) is 0 Å². The fourth-order valence-corrected chi connectivity index (χ4v) is 3.29. The highest BCUT2D eigenvalue weighted by atomic mass is 32.1. The molecule has 1 aromatic carbocycles. The van der Waals surface area contributed by atoms with Crippen LogP contribution >= 0.6 is 11.3 Å². The number of ether oxygens (including phenoxy) is 1. The number of benzene rings is 1. The van der Waals surface area contributed by atoms with Crippen molar-refractivity contribution in [1.29, 1.82) is 0 Å². The van der Waals surface area contributed by atoms with Crippen LogP contribution in [0.25, 0.3) is 0 Å². The molecule has 0 aliphatic rings. The van der Waals surface area contributed by atoms with E-state index in [9.17, 15) is 0 Å². The first-order valence-electron chi connectivity index (χ1n) is 6.30. The number of nitrogens with one attached hydrogen (secondary N) is 1. The number of aryl methyl sites for hydroxylation is 3. The van der Waals surface area contributed by atoms with Gasteiger partial charge in [0.15, 0.2) is 0 Å². The van der Waals surface area contributed by atoms with E-state index in [-0.39, 0.29) is 6.04 Å². The predicted octanol–water partition coefficient (Wildman–Crippen LogP) is 3.39. The van der Waals surface area contributed by atoms with Crippen LogP contribution in [-0.4, -0.2) is 19.1 Å². The highest BCUT2D eigenvalue weighted by molar-refractivity contribution is 7.09. The Bertz CT molecular complexity index is 578. The largest absolute Gasteiger partial charge is 0.496 e. The first kappa shape index (κ1) is 14.0. The van der Waals surface area contributed by atoms with Crippen molar-refractivity contribution in [1.82, 2.24) is 10.3 Å². The van der Waals surface area contributed by atoms with Gasteiger partial charge in [-0.2, -0.15) is 0 Å². The van der Waals surface area contributed by atoms with Gasteiger partial charge in [-0.3, -0.25) is 0 Å². The first-order chi connectivity index (χ1) is 9.08. The van der Waals surface area contributed by atoms with E-state index in [1.807, 2.05) is 12.6 Å². The summed E-state index contributed by atoms with van der Waals surface area (Å²) in [6.45, 7) is 6.26. The van der Waals surface area contributed by atoms with E-state index >= 15 is 0 Å². The van der Waals surface area contributed by atoms with Gasteiger partial charge in [-0.05, 0) is 50.6 Å². The quantitative estimate of drug-likeness (QED) is 0.929. The minimum absolute atomic E-state index is 0.192. The summed E-state index contributed by atoms with van der Waals surface area (Å²) >= 11 is 1.70. The molecule has 102 valence electrons. The molecule has 0 aliphatic carbocycles. The Hall–Kier alpha value is -1.39. The van der Waals surface area contributed by atoms with Crippen LogP contribution in [0.2, 0.25) is 0 Å². The zero-order valence-corrected chi connectivity index (χ0v) is 12.9. The molecule has 0 saturated heterocycles. The molecule has 1 N–H and O–H groups in total. The van der Waals surface area contributed by atoms with Crippen LogP contribution < -0.4 is 10.1 Å². The first-order valence-corrected chi connectivity index (χ1v) is 7.18. The van der Waals surface area contributed by atoms with Gasteiger partial charge in [0.2, 0.25) is 0 Å². The van der Waals surface area contributed by atoms with Crippen molar-refractivity contribution >= 4 is 11.3 Å². The Balaban J connectivity index is 2.50. The van der Waals surface area contributed by atoms with Crippen molar-refractivity contribution in [2.24, 2.45) is 0 Å². The van der Waals surface area contributed by atoms with E-state index in [1.54, 1.807) is 18.4 Å². The molecule has 1 unspecified atom stereocenters. The van der Waals surface area contributed by atoms with Crippen LogP contribution in [0.5, 0.6) is 5.75 Å². The number of nitrogens with zero attached hydrogens (tertiary/aromatic N) is 1. The summed E-state index contributed by atoms with van der Waals surface area (Å²) in [4.78, 5) is 5.62. The Morgan fingerprint density at radius 3 is 2.47 bits per heavy atom. The standard InChI is InChI=1S/C15H20N2OS/c1-9-7-13(18-5)10(2)6-12(9)14(16-4)15-11(3)17-8-19-15/h6-8,14,16H,1-5H3. The maximum absolute atomic E-state index is 5.38. The molecule has 0 saturated carbocycles. The zero-order chi connectivity index (χ0) is 14.0. The van der Waals surface area contributed by atoms with Crippen molar-refractivity contribution < 1.29 is 4.74 Å². The fraction of sp³-hybridized carbons (Fsp3) is 0.400. The third-order valence-corrected chi connectivity index (χ3v) is 4.42. The van der Waals surface area contributed by atoms with Gasteiger partial charge < -0.3 is 10.1 Å². The Kier molecular flexibility index (Phi) is 4.22. The number of hydrogen-bond donors (Lipinski definition) is 1. The predicted molar refractivity (Wildman–Crippen MR) is 80.2 cm³/mol. The van der Waals surface area contributed by atoms with Crippen LogP contribution in [-0.2, 0) is 0 Å². The second kappa shape index (κ2) is 5.72. The Labute approximate surface area is 118 Å². The lowest BCUT2D eigenvalue weighted by Crippen LogP contribution is -2.18. The molecule has 4 heteroatoms. The summed E-state index contributed by atoms with van der Waals surface area (Å²) in [5.74, 6) is 0.942. The van der Waals surface area contributed by atoms with Gasteiger partial charge in [-0.25, -0.2) is 4.98 Å². The maximum Gasteiger partial charge on any atom is 0.122 e. The second-order valence-corrected chi connectivity index (χ2v) is 5.59. The summed E-state index contributed by atoms with van der Waals surface area (Å²) in [5.41, 5.74) is 6.67. The highest BCUT2D eigenvalue weighted by Gasteiger charge is 2.19.